The molecule has 0 aliphatic heterocycles. The molecule has 3 heteroatoms. The normalized spacial score (nSPS) is 12.0. The van der Waals surface area contributed by atoms with Gasteiger partial charge in [-0.3, -0.25) is 0 Å². The molecule has 25 heavy (non-hydrogen) atoms. The summed E-state index contributed by atoms with van der Waals surface area (Å²) in [6.07, 6.45) is 3.88. The predicted octanol–water partition coefficient (Wildman–Crippen LogP) is 4.28. The molecule has 0 N–H and O–H groups in total. The molecule has 2 aromatic carbocycles. The van der Waals surface area contributed by atoms with Crippen molar-refractivity contribution in [2.24, 2.45) is 0 Å². The van der Waals surface area contributed by atoms with Gasteiger partial charge in [-0.1, -0.05) is 42.5 Å². The van der Waals surface area contributed by atoms with E-state index in [1.807, 2.05) is 0 Å². The molecule has 2 aromatic rings. The van der Waals surface area contributed by atoms with Crippen molar-refractivity contribution < 1.29 is 0 Å². The van der Waals surface area contributed by atoms with Crippen molar-refractivity contribution in [3.63, 3.8) is 0 Å². The van der Waals surface area contributed by atoms with E-state index in [0.29, 0.717) is 0 Å². The first kappa shape index (κ1) is 19.4. The van der Waals surface area contributed by atoms with E-state index in [0.717, 1.165) is 38.8 Å². The minimum atomic E-state index is -0.410. The van der Waals surface area contributed by atoms with E-state index in [2.05, 4.69) is 86.5 Å². The number of fused-ring (bicyclic) bond motifs is 1. The molecule has 3 nitrogen and oxygen atoms in total. The first-order valence-corrected chi connectivity index (χ1v) is 9.17. The second kappa shape index (κ2) is 8.99. The Labute approximate surface area is 152 Å². The Kier molecular flexibility index (Phi) is 6.99. The quantitative estimate of drug-likeness (QED) is 0.684. The number of rotatable bonds is 9. The molecule has 0 aliphatic rings. The number of hydrogen-bond acceptors (Lipinski definition) is 3. The van der Waals surface area contributed by atoms with Crippen LogP contribution in [0.4, 0.5) is 0 Å². The van der Waals surface area contributed by atoms with Crippen LogP contribution >= 0.6 is 0 Å². The van der Waals surface area contributed by atoms with Gasteiger partial charge in [-0.15, -0.1) is 0 Å². The number of hydrogen-bond donors (Lipinski definition) is 0. The number of nitriles is 1. The summed E-state index contributed by atoms with van der Waals surface area (Å²) in [5, 5.41) is 12.7. The molecular weight excluding hydrogens is 306 g/mol. The molecule has 0 spiro atoms. The maximum absolute atomic E-state index is 10.2. The van der Waals surface area contributed by atoms with Crippen molar-refractivity contribution in [3.05, 3.63) is 48.0 Å². The zero-order chi connectivity index (χ0) is 18.3. The highest BCUT2D eigenvalue weighted by Crippen LogP contribution is 2.38. The summed E-state index contributed by atoms with van der Waals surface area (Å²) < 4.78 is 0. The van der Waals surface area contributed by atoms with Crippen molar-refractivity contribution >= 4 is 10.8 Å². The fourth-order valence-electron chi connectivity index (χ4n) is 3.60. The first-order chi connectivity index (χ1) is 12.0. The lowest BCUT2D eigenvalue weighted by atomic mass is 9.72. The van der Waals surface area contributed by atoms with Crippen LogP contribution in [-0.4, -0.2) is 51.1 Å². The van der Waals surface area contributed by atoms with Crippen LogP contribution < -0.4 is 0 Å². The van der Waals surface area contributed by atoms with Crippen LogP contribution in [0, 0.1) is 11.3 Å². The predicted molar refractivity (Wildman–Crippen MR) is 107 cm³/mol. The standard InChI is InChI=1S/C22H31N3/c1-24(2)16-8-14-22(18-23,15-9-17-25(3)4)21-13-7-11-19-10-5-6-12-20(19)21/h5-7,10-13H,8-9,14-17H2,1-4H3. The van der Waals surface area contributed by atoms with E-state index in [1.54, 1.807) is 0 Å². The fraction of sp³-hybridized carbons (Fsp3) is 0.500. The third-order valence-electron chi connectivity index (χ3n) is 4.94. The monoisotopic (exact) mass is 337 g/mol. The van der Waals surface area contributed by atoms with Gasteiger partial charge in [-0.05, 0) is 83.3 Å². The van der Waals surface area contributed by atoms with E-state index in [4.69, 9.17) is 0 Å². The molecule has 2 rings (SSSR count). The maximum Gasteiger partial charge on any atom is 0.0829 e. The lowest BCUT2D eigenvalue weighted by Crippen LogP contribution is -2.28. The van der Waals surface area contributed by atoms with E-state index in [-0.39, 0.29) is 0 Å². The van der Waals surface area contributed by atoms with Gasteiger partial charge in [0.1, 0.15) is 0 Å². The van der Waals surface area contributed by atoms with Gasteiger partial charge < -0.3 is 9.80 Å². The van der Waals surface area contributed by atoms with Crippen LogP contribution in [0.15, 0.2) is 42.5 Å². The highest BCUT2D eigenvalue weighted by atomic mass is 15.0. The molecule has 0 radical (unpaired) electrons. The van der Waals surface area contributed by atoms with Crippen molar-refractivity contribution in [2.75, 3.05) is 41.3 Å². The molecule has 134 valence electrons. The lowest BCUT2D eigenvalue weighted by Gasteiger charge is -2.30. The molecule has 0 saturated heterocycles. The number of benzene rings is 2. The minimum Gasteiger partial charge on any atom is -0.309 e. The average molecular weight is 338 g/mol. The van der Waals surface area contributed by atoms with Crippen molar-refractivity contribution in [1.82, 2.24) is 9.80 Å². The number of nitrogens with zero attached hydrogens (tertiary/aromatic N) is 3. The summed E-state index contributed by atoms with van der Waals surface area (Å²) in [5.74, 6) is 0. The molecule has 0 unspecified atom stereocenters. The smallest absolute Gasteiger partial charge is 0.0829 e. The van der Waals surface area contributed by atoms with Gasteiger partial charge in [0.05, 0.1) is 11.5 Å². The molecule has 0 aliphatic carbocycles. The van der Waals surface area contributed by atoms with E-state index in [1.165, 1.54) is 16.3 Å². The molecular formula is C22H31N3. The van der Waals surface area contributed by atoms with E-state index >= 15 is 0 Å². The summed E-state index contributed by atoms with van der Waals surface area (Å²) in [7, 11) is 8.38. The lowest BCUT2D eigenvalue weighted by molar-refractivity contribution is 0.335. The summed E-state index contributed by atoms with van der Waals surface area (Å²) in [6, 6.07) is 17.6. The first-order valence-electron chi connectivity index (χ1n) is 9.17. The highest BCUT2D eigenvalue weighted by Gasteiger charge is 2.33. The Bertz CT molecular complexity index is 693. The topological polar surface area (TPSA) is 30.3 Å². The second-order valence-corrected chi connectivity index (χ2v) is 7.53. The Hall–Kier alpha value is -1.89. The van der Waals surface area contributed by atoms with E-state index in [9.17, 15) is 5.26 Å². The molecule has 0 heterocycles. The molecule has 0 atom stereocenters. The van der Waals surface area contributed by atoms with Gasteiger partial charge >= 0.3 is 0 Å². The van der Waals surface area contributed by atoms with Crippen LogP contribution in [-0.2, 0) is 5.41 Å². The molecule has 0 aromatic heterocycles. The zero-order valence-corrected chi connectivity index (χ0v) is 16.1. The van der Waals surface area contributed by atoms with Crippen molar-refractivity contribution in [2.45, 2.75) is 31.1 Å². The van der Waals surface area contributed by atoms with E-state index < -0.39 is 5.41 Å². The maximum atomic E-state index is 10.2. The fourth-order valence-corrected chi connectivity index (χ4v) is 3.60. The average Bonchev–Trinajstić information content (AvgIpc) is 2.59. The largest absolute Gasteiger partial charge is 0.309 e. The van der Waals surface area contributed by atoms with Gasteiger partial charge in [0.15, 0.2) is 0 Å². The van der Waals surface area contributed by atoms with Crippen LogP contribution in [0.2, 0.25) is 0 Å². The Balaban J connectivity index is 2.38. The summed E-state index contributed by atoms with van der Waals surface area (Å²) in [4.78, 5) is 4.40. The highest BCUT2D eigenvalue weighted by molar-refractivity contribution is 5.87. The Morgan fingerprint density at radius 1 is 0.840 bits per heavy atom. The Morgan fingerprint density at radius 3 is 1.96 bits per heavy atom. The minimum absolute atomic E-state index is 0.410. The summed E-state index contributed by atoms with van der Waals surface area (Å²) >= 11 is 0. The summed E-state index contributed by atoms with van der Waals surface area (Å²) in [5.41, 5.74) is 0.790. The summed E-state index contributed by atoms with van der Waals surface area (Å²) in [6.45, 7) is 2.03. The van der Waals surface area contributed by atoms with Gasteiger partial charge in [-0.25, -0.2) is 0 Å². The molecule has 0 amide bonds. The van der Waals surface area contributed by atoms with Crippen LogP contribution in [0.5, 0.6) is 0 Å². The third-order valence-corrected chi connectivity index (χ3v) is 4.94. The SMILES string of the molecule is CN(C)CCCC(C#N)(CCCN(C)C)c1cccc2ccccc12. The zero-order valence-electron chi connectivity index (χ0n) is 16.1. The van der Waals surface area contributed by atoms with Crippen molar-refractivity contribution in [3.8, 4) is 6.07 Å². The van der Waals surface area contributed by atoms with Crippen LogP contribution in [0.1, 0.15) is 31.2 Å². The van der Waals surface area contributed by atoms with Gasteiger partial charge in [0.25, 0.3) is 0 Å². The van der Waals surface area contributed by atoms with Gasteiger partial charge in [0, 0.05) is 0 Å². The van der Waals surface area contributed by atoms with Gasteiger partial charge in [0.2, 0.25) is 0 Å². The molecule has 0 fully saturated rings. The molecule has 0 saturated carbocycles. The van der Waals surface area contributed by atoms with Crippen LogP contribution in [0.25, 0.3) is 10.8 Å². The van der Waals surface area contributed by atoms with Crippen molar-refractivity contribution in [1.29, 1.82) is 5.26 Å². The van der Waals surface area contributed by atoms with Gasteiger partial charge in [-0.2, -0.15) is 5.26 Å². The van der Waals surface area contributed by atoms with Crippen LogP contribution in [0.3, 0.4) is 0 Å². The third kappa shape index (κ3) is 5.04. The molecule has 0 bridgehead atoms. The Morgan fingerprint density at radius 2 is 1.40 bits per heavy atom. The second-order valence-electron chi connectivity index (χ2n) is 7.53.